The number of carbonyl (C=O) groups excluding carboxylic acids is 1. The summed E-state index contributed by atoms with van der Waals surface area (Å²) in [5, 5.41) is 0.583. The third kappa shape index (κ3) is 2.05. The van der Waals surface area contributed by atoms with Crippen LogP contribution in [-0.2, 0) is 11.2 Å². The van der Waals surface area contributed by atoms with Crippen LogP contribution in [0.4, 0.5) is 5.69 Å². The van der Waals surface area contributed by atoms with Gasteiger partial charge in [-0.3, -0.25) is 14.2 Å². The van der Waals surface area contributed by atoms with E-state index in [9.17, 15) is 9.59 Å². The number of hydrogen-bond donors (Lipinski definition) is 0. The molecule has 4 rings (SSSR count). The molecule has 120 valence electrons. The van der Waals surface area contributed by atoms with Crippen LogP contribution in [0.1, 0.15) is 19.7 Å². The summed E-state index contributed by atoms with van der Waals surface area (Å²) in [6, 6.07) is 14.8. The van der Waals surface area contributed by atoms with Crippen LogP contribution in [0.2, 0.25) is 0 Å². The molecular weight excluding hydrogens is 302 g/mol. The maximum atomic E-state index is 13.1. The van der Waals surface area contributed by atoms with E-state index in [1.807, 2.05) is 49.4 Å². The minimum Gasteiger partial charge on any atom is -0.307 e. The highest BCUT2D eigenvalue weighted by molar-refractivity contribution is 5.95. The van der Waals surface area contributed by atoms with Crippen molar-refractivity contribution in [2.75, 3.05) is 4.90 Å². The molecule has 1 aliphatic heterocycles. The minimum absolute atomic E-state index is 0.0413. The molecule has 24 heavy (non-hydrogen) atoms. The highest BCUT2D eigenvalue weighted by Gasteiger charge is 2.29. The van der Waals surface area contributed by atoms with Gasteiger partial charge in [0.1, 0.15) is 5.82 Å². The molecule has 0 radical (unpaired) electrons. The molecular formula is C19H17N3O2. The van der Waals surface area contributed by atoms with Gasteiger partial charge < -0.3 is 4.90 Å². The summed E-state index contributed by atoms with van der Waals surface area (Å²) < 4.78 is 1.65. The lowest BCUT2D eigenvalue weighted by Crippen LogP contribution is -2.38. The Kier molecular flexibility index (Phi) is 3.23. The predicted molar refractivity (Wildman–Crippen MR) is 93.7 cm³/mol. The van der Waals surface area contributed by atoms with Gasteiger partial charge >= 0.3 is 0 Å². The first-order valence-corrected chi connectivity index (χ1v) is 7.98. The molecule has 0 saturated heterocycles. The number of anilines is 1. The molecule has 1 unspecified atom stereocenters. The summed E-state index contributed by atoms with van der Waals surface area (Å²) in [5.41, 5.74) is 2.04. The summed E-state index contributed by atoms with van der Waals surface area (Å²) in [4.78, 5) is 31.8. The second-order valence-electron chi connectivity index (χ2n) is 6.12. The molecule has 1 aromatic heterocycles. The van der Waals surface area contributed by atoms with Crippen LogP contribution in [0.15, 0.2) is 53.3 Å². The van der Waals surface area contributed by atoms with Crippen LogP contribution in [0.25, 0.3) is 16.6 Å². The summed E-state index contributed by atoms with van der Waals surface area (Å²) in [7, 11) is 0. The Morgan fingerprint density at radius 2 is 1.75 bits per heavy atom. The number of benzene rings is 2. The van der Waals surface area contributed by atoms with Crippen molar-refractivity contribution in [1.29, 1.82) is 0 Å². The molecule has 1 aliphatic rings. The van der Waals surface area contributed by atoms with E-state index >= 15 is 0 Å². The molecule has 5 nitrogen and oxygen atoms in total. The first-order valence-electron chi connectivity index (χ1n) is 7.98. The highest BCUT2D eigenvalue weighted by atomic mass is 16.2. The molecule has 2 aromatic carbocycles. The van der Waals surface area contributed by atoms with Gasteiger partial charge in [-0.15, -0.1) is 0 Å². The Bertz CT molecular complexity index is 1020. The summed E-state index contributed by atoms with van der Waals surface area (Å²) >= 11 is 0. The number of rotatable bonds is 0. The lowest BCUT2D eigenvalue weighted by atomic mass is 10.1. The van der Waals surface area contributed by atoms with Crippen molar-refractivity contribution >= 4 is 22.5 Å². The van der Waals surface area contributed by atoms with Crippen LogP contribution in [0, 0.1) is 0 Å². The molecule has 5 heteroatoms. The fourth-order valence-electron chi connectivity index (χ4n) is 3.49. The van der Waals surface area contributed by atoms with Crippen molar-refractivity contribution < 1.29 is 4.79 Å². The molecule has 1 amide bonds. The Labute approximate surface area is 139 Å². The van der Waals surface area contributed by atoms with Gasteiger partial charge in [0.25, 0.3) is 5.56 Å². The maximum absolute atomic E-state index is 13.1. The van der Waals surface area contributed by atoms with Gasteiger partial charge in [0.2, 0.25) is 5.91 Å². The molecule has 0 fully saturated rings. The highest BCUT2D eigenvalue weighted by Crippen LogP contribution is 2.30. The van der Waals surface area contributed by atoms with Crippen LogP contribution in [0.3, 0.4) is 0 Å². The lowest BCUT2D eigenvalue weighted by Gasteiger charge is -2.26. The number of carbonyl (C=O) groups is 1. The van der Waals surface area contributed by atoms with E-state index in [1.54, 1.807) is 22.5 Å². The molecule has 0 spiro atoms. The standard InChI is InChI=1S/C19H17N3O2/c1-12-11-18-20-15-8-4-3-7-14(15)19(24)22(18)17-10-6-5-9-16(17)21(12)13(2)23/h3-10,12H,11H2,1-2H3. The third-order valence-electron chi connectivity index (χ3n) is 4.49. The molecule has 3 aromatic rings. The second-order valence-corrected chi connectivity index (χ2v) is 6.12. The molecule has 0 saturated carbocycles. The molecule has 0 N–H and O–H groups in total. The molecule has 0 aliphatic carbocycles. The topological polar surface area (TPSA) is 55.2 Å². The van der Waals surface area contributed by atoms with Gasteiger partial charge in [0.05, 0.1) is 22.3 Å². The molecule has 0 bridgehead atoms. The number of aromatic nitrogens is 2. The zero-order chi connectivity index (χ0) is 16.8. The second kappa shape index (κ2) is 5.30. The van der Waals surface area contributed by atoms with Gasteiger partial charge in [-0.2, -0.15) is 0 Å². The first kappa shape index (κ1) is 14.6. The van der Waals surface area contributed by atoms with E-state index in [-0.39, 0.29) is 17.5 Å². The van der Waals surface area contributed by atoms with E-state index in [1.165, 1.54) is 0 Å². The summed E-state index contributed by atoms with van der Waals surface area (Å²) in [6.45, 7) is 3.53. The average Bonchev–Trinajstić information content (AvgIpc) is 2.68. The fourth-order valence-corrected chi connectivity index (χ4v) is 3.49. The van der Waals surface area contributed by atoms with Crippen molar-refractivity contribution in [1.82, 2.24) is 9.55 Å². The van der Waals surface area contributed by atoms with Crippen molar-refractivity contribution in [3.8, 4) is 5.69 Å². The quantitative estimate of drug-likeness (QED) is 0.640. The van der Waals surface area contributed by atoms with E-state index in [4.69, 9.17) is 4.98 Å². The predicted octanol–water partition coefficient (Wildman–Crippen LogP) is 2.68. The molecule has 2 heterocycles. The van der Waals surface area contributed by atoms with E-state index in [0.717, 1.165) is 5.69 Å². The average molecular weight is 319 g/mol. The van der Waals surface area contributed by atoms with Crippen LogP contribution >= 0.6 is 0 Å². The van der Waals surface area contributed by atoms with Crippen molar-refractivity contribution in [3.05, 3.63) is 64.7 Å². The van der Waals surface area contributed by atoms with Crippen LogP contribution in [0.5, 0.6) is 0 Å². The van der Waals surface area contributed by atoms with E-state index in [2.05, 4.69) is 0 Å². The third-order valence-corrected chi connectivity index (χ3v) is 4.49. The van der Waals surface area contributed by atoms with E-state index in [0.29, 0.717) is 28.8 Å². The normalized spacial score (nSPS) is 16.4. The summed E-state index contributed by atoms with van der Waals surface area (Å²) in [5.74, 6) is 0.641. The smallest absolute Gasteiger partial charge is 0.266 e. The van der Waals surface area contributed by atoms with Gasteiger partial charge in [0.15, 0.2) is 0 Å². The molecule has 1 atom stereocenters. The zero-order valence-corrected chi connectivity index (χ0v) is 13.6. The Morgan fingerprint density at radius 3 is 2.50 bits per heavy atom. The van der Waals surface area contributed by atoms with E-state index < -0.39 is 0 Å². The van der Waals surface area contributed by atoms with Gasteiger partial charge in [-0.1, -0.05) is 24.3 Å². The van der Waals surface area contributed by atoms with Crippen molar-refractivity contribution in [2.24, 2.45) is 0 Å². The van der Waals surface area contributed by atoms with Crippen LogP contribution in [-0.4, -0.2) is 21.5 Å². The zero-order valence-electron chi connectivity index (χ0n) is 13.6. The SMILES string of the molecule is CC(=O)N1c2ccccc2-n2c(nc3ccccc3c2=O)CC1C. The summed E-state index contributed by atoms with van der Waals surface area (Å²) in [6.07, 6.45) is 0.522. The van der Waals surface area contributed by atoms with Gasteiger partial charge in [-0.05, 0) is 31.2 Å². The Hall–Kier alpha value is -2.95. The van der Waals surface area contributed by atoms with Gasteiger partial charge in [-0.25, -0.2) is 4.98 Å². The number of amides is 1. The van der Waals surface area contributed by atoms with Gasteiger partial charge in [0, 0.05) is 19.4 Å². The van der Waals surface area contributed by atoms with Crippen molar-refractivity contribution in [2.45, 2.75) is 26.3 Å². The maximum Gasteiger partial charge on any atom is 0.266 e. The largest absolute Gasteiger partial charge is 0.307 e. The number of hydrogen-bond acceptors (Lipinski definition) is 3. The van der Waals surface area contributed by atoms with Crippen LogP contribution < -0.4 is 10.5 Å². The number of nitrogens with zero attached hydrogens (tertiary/aromatic N) is 3. The Balaban J connectivity index is 2.12. The van der Waals surface area contributed by atoms with Crippen molar-refractivity contribution in [3.63, 3.8) is 0 Å². The fraction of sp³-hybridized carbons (Fsp3) is 0.211. The Morgan fingerprint density at radius 1 is 1.08 bits per heavy atom. The monoisotopic (exact) mass is 319 g/mol. The lowest BCUT2D eigenvalue weighted by molar-refractivity contribution is -0.116. The number of fused-ring (bicyclic) bond motifs is 4. The number of para-hydroxylation sites is 3. The minimum atomic E-state index is -0.0966. The first-order chi connectivity index (χ1) is 11.6.